The molecule has 0 saturated carbocycles. The quantitative estimate of drug-likeness (QED) is 0.869. The molecule has 0 bridgehead atoms. The van der Waals surface area contributed by atoms with Crippen LogP contribution in [0.25, 0.3) is 0 Å². The van der Waals surface area contributed by atoms with E-state index in [0.29, 0.717) is 11.6 Å². The van der Waals surface area contributed by atoms with Crippen LogP contribution in [-0.4, -0.2) is 59.5 Å². The molecular weight excluding hydrogens is 280 g/mol. The number of carbonyl (C=O) groups is 1. The van der Waals surface area contributed by atoms with Crippen molar-refractivity contribution in [2.75, 3.05) is 26.7 Å². The molecule has 1 amide bonds. The summed E-state index contributed by atoms with van der Waals surface area (Å²) in [6, 6.07) is 0.0274. The normalized spacial score (nSPS) is 23.2. The zero-order valence-corrected chi connectivity index (χ0v) is 12.9. The van der Waals surface area contributed by atoms with Gasteiger partial charge in [0.2, 0.25) is 5.91 Å². The van der Waals surface area contributed by atoms with Crippen LogP contribution in [0.2, 0.25) is 5.02 Å². The Morgan fingerprint density at radius 2 is 2.35 bits per heavy atom. The van der Waals surface area contributed by atoms with E-state index in [2.05, 4.69) is 15.3 Å². The minimum atomic E-state index is -0.0748. The van der Waals surface area contributed by atoms with Crippen molar-refractivity contribution in [3.8, 4) is 0 Å². The first-order valence-electron chi connectivity index (χ1n) is 6.78. The Labute approximate surface area is 124 Å². The fourth-order valence-corrected chi connectivity index (χ4v) is 2.61. The molecule has 112 valence electrons. The van der Waals surface area contributed by atoms with Gasteiger partial charge in [-0.25, -0.2) is 0 Å². The van der Waals surface area contributed by atoms with Crippen LogP contribution in [0.4, 0.5) is 0 Å². The van der Waals surface area contributed by atoms with Gasteiger partial charge in [0.1, 0.15) is 6.54 Å². The first-order valence-corrected chi connectivity index (χ1v) is 7.16. The molecule has 2 atom stereocenters. The average Bonchev–Trinajstić information content (AvgIpc) is 2.83. The second-order valence-electron chi connectivity index (χ2n) is 5.15. The van der Waals surface area contributed by atoms with Crippen LogP contribution in [0, 0.1) is 6.92 Å². The van der Waals surface area contributed by atoms with Crippen LogP contribution in [-0.2, 0) is 16.1 Å². The molecule has 1 saturated heterocycles. The van der Waals surface area contributed by atoms with E-state index >= 15 is 0 Å². The molecule has 1 aromatic heterocycles. The van der Waals surface area contributed by atoms with Gasteiger partial charge in [0.05, 0.1) is 22.9 Å². The number of hydrogen-bond donors (Lipinski definition) is 1. The van der Waals surface area contributed by atoms with Gasteiger partial charge in [-0.2, -0.15) is 5.10 Å². The summed E-state index contributed by atoms with van der Waals surface area (Å²) in [5.41, 5.74) is 0.729. The number of nitrogens with zero attached hydrogens (tertiary/aromatic N) is 3. The van der Waals surface area contributed by atoms with Crippen LogP contribution in [0.15, 0.2) is 6.20 Å². The molecule has 0 unspecified atom stereocenters. The molecule has 2 rings (SSSR count). The van der Waals surface area contributed by atoms with Gasteiger partial charge in [0, 0.05) is 25.9 Å². The van der Waals surface area contributed by atoms with E-state index < -0.39 is 0 Å². The monoisotopic (exact) mass is 300 g/mol. The fraction of sp³-hybridized carbons (Fsp3) is 0.692. The lowest BCUT2D eigenvalue weighted by Gasteiger charge is -2.19. The van der Waals surface area contributed by atoms with E-state index in [9.17, 15) is 4.79 Å². The minimum absolute atomic E-state index is 0.0274. The van der Waals surface area contributed by atoms with Crippen molar-refractivity contribution in [3.05, 3.63) is 16.9 Å². The van der Waals surface area contributed by atoms with E-state index in [1.54, 1.807) is 10.9 Å². The highest BCUT2D eigenvalue weighted by Gasteiger charge is 2.32. The zero-order chi connectivity index (χ0) is 14.7. The molecule has 20 heavy (non-hydrogen) atoms. The maximum absolute atomic E-state index is 12.1. The van der Waals surface area contributed by atoms with Gasteiger partial charge < -0.3 is 15.0 Å². The Morgan fingerprint density at radius 1 is 1.60 bits per heavy atom. The van der Waals surface area contributed by atoms with Gasteiger partial charge in [-0.1, -0.05) is 11.6 Å². The fourth-order valence-electron chi connectivity index (χ4n) is 2.46. The number of aryl methyl sites for hydroxylation is 1. The molecule has 0 aromatic carbocycles. The molecule has 1 fully saturated rings. The second kappa shape index (κ2) is 6.56. The van der Waals surface area contributed by atoms with Gasteiger partial charge in [0.15, 0.2) is 0 Å². The molecule has 2 heterocycles. The lowest BCUT2D eigenvalue weighted by Crippen LogP contribution is -2.45. The van der Waals surface area contributed by atoms with Crippen molar-refractivity contribution >= 4 is 17.5 Å². The van der Waals surface area contributed by atoms with Gasteiger partial charge in [0.25, 0.3) is 0 Å². The van der Waals surface area contributed by atoms with Crippen LogP contribution in [0.3, 0.4) is 0 Å². The summed E-state index contributed by atoms with van der Waals surface area (Å²) in [6.07, 6.45) is 1.72. The Bertz CT molecular complexity index is 457. The van der Waals surface area contributed by atoms with Gasteiger partial charge in [-0.05, 0) is 20.9 Å². The molecule has 0 radical (unpaired) electrons. The summed E-state index contributed by atoms with van der Waals surface area (Å²) >= 11 is 5.92. The number of hydrogen-bond acceptors (Lipinski definition) is 4. The predicted molar refractivity (Wildman–Crippen MR) is 76.8 cm³/mol. The Hall–Kier alpha value is -1.11. The lowest BCUT2D eigenvalue weighted by molar-refractivity contribution is -0.123. The maximum atomic E-state index is 12.1. The van der Waals surface area contributed by atoms with Crippen LogP contribution < -0.4 is 5.32 Å². The molecule has 1 aliphatic rings. The molecule has 0 spiro atoms. The van der Waals surface area contributed by atoms with E-state index in [1.165, 1.54) is 0 Å². The number of likely N-dealkylation sites (N-methyl/N-ethyl adjacent to an activating group) is 1. The van der Waals surface area contributed by atoms with Crippen molar-refractivity contribution in [2.45, 2.75) is 32.5 Å². The third kappa shape index (κ3) is 3.71. The minimum Gasteiger partial charge on any atom is -0.375 e. The van der Waals surface area contributed by atoms with Crippen molar-refractivity contribution in [3.63, 3.8) is 0 Å². The highest BCUT2D eigenvalue weighted by atomic mass is 35.5. The summed E-state index contributed by atoms with van der Waals surface area (Å²) in [5.74, 6) is -0.0748. The summed E-state index contributed by atoms with van der Waals surface area (Å²) in [4.78, 5) is 14.2. The van der Waals surface area contributed by atoms with Gasteiger partial charge in [-0.15, -0.1) is 0 Å². The van der Waals surface area contributed by atoms with Crippen LogP contribution in [0.1, 0.15) is 12.6 Å². The number of nitrogens with one attached hydrogen (secondary N) is 1. The van der Waals surface area contributed by atoms with Gasteiger partial charge >= 0.3 is 0 Å². The SMILES string of the molecule is CCO[C@H]1CN(C)C[C@@H]1NC(=O)Cn1cc(Cl)c(C)n1. The smallest absolute Gasteiger partial charge is 0.242 e. The van der Waals surface area contributed by atoms with E-state index in [-0.39, 0.29) is 24.6 Å². The molecule has 0 aliphatic carbocycles. The Balaban J connectivity index is 1.90. The van der Waals surface area contributed by atoms with Crippen LogP contribution >= 0.6 is 11.6 Å². The van der Waals surface area contributed by atoms with Crippen molar-refractivity contribution < 1.29 is 9.53 Å². The Kier molecular flexibility index (Phi) is 5.01. The van der Waals surface area contributed by atoms with Gasteiger partial charge in [-0.3, -0.25) is 9.48 Å². The highest BCUT2D eigenvalue weighted by molar-refractivity contribution is 6.31. The summed E-state index contributed by atoms with van der Waals surface area (Å²) in [7, 11) is 2.02. The largest absolute Gasteiger partial charge is 0.375 e. The molecule has 7 heteroatoms. The third-order valence-electron chi connectivity index (χ3n) is 3.37. The summed E-state index contributed by atoms with van der Waals surface area (Å²) in [6.45, 7) is 6.24. The lowest BCUT2D eigenvalue weighted by atomic mass is 10.2. The van der Waals surface area contributed by atoms with Crippen molar-refractivity contribution in [1.29, 1.82) is 0 Å². The number of halogens is 1. The predicted octanol–water partition coefficient (Wildman–Crippen LogP) is 0.680. The first-order chi connectivity index (χ1) is 9.49. The standard InChI is InChI=1S/C13H21ClN4O2/c1-4-20-12-7-17(3)6-11(12)15-13(19)8-18-5-10(14)9(2)16-18/h5,11-12H,4,6-8H2,1-3H3,(H,15,19)/t11-,12-/m0/s1. The summed E-state index contributed by atoms with van der Waals surface area (Å²) < 4.78 is 7.22. The van der Waals surface area contributed by atoms with E-state index in [0.717, 1.165) is 18.8 Å². The number of rotatable bonds is 5. The number of carbonyl (C=O) groups excluding carboxylic acids is 1. The molecular formula is C13H21ClN4O2. The molecule has 1 aromatic rings. The van der Waals surface area contributed by atoms with Crippen molar-refractivity contribution in [2.24, 2.45) is 0 Å². The topological polar surface area (TPSA) is 59.4 Å². The Morgan fingerprint density at radius 3 is 2.95 bits per heavy atom. The molecule has 1 N–H and O–H groups in total. The van der Waals surface area contributed by atoms with Crippen molar-refractivity contribution in [1.82, 2.24) is 20.0 Å². The molecule has 1 aliphatic heterocycles. The second-order valence-corrected chi connectivity index (χ2v) is 5.56. The number of likely N-dealkylation sites (tertiary alicyclic amines) is 1. The number of ether oxygens (including phenoxy) is 1. The zero-order valence-electron chi connectivity index (χ0n) is 12.1. The third-order valence-corrected chi connectivity index (χ3v) is 3.74. The summed E-state index contributed by atoms with van der Waals surface area (Å²) in [5, 5.41) is 7.76. The number of aromatic nitrogens is 2. The maximum Gasteiger partial charge on any atom is 0.242 e. The first kappa shape index (κ1) is 15.3. The van der Waals surface area contributed by atoms with E-state index in [4.69, 9.17) is 16.3 Å². The van der Waals surface area contributed by atoms with Crippen LogP contribution in [0.5, 0.6) is 0 Å². The highest BCUT2D eigenvalue weighted by Crippen LogP contribution is 2.13. The van der Waals surface area contributed by atoms with E-state index in [1.807, 2.05) is 20.9 Å². The molecule has 6 nitrogen and oxygen atoms in total. The number of amides is 1. The average molecular weight is 301 g/mol.